The van der Waals surface area contributed by atoms with E-state index in [-0.39, 0.29) is 0 Å². The average Bonchev–Trinajstić information content (AvgIpc) is 2.35. The molecule has 5 heteroatoms. The highest BCUT2D eigenvalue weighted by atomic mass is 19.4. The van der Waals surface area contributed by atoms with E-state index in [4.69, 9.17) is 0 Å². The monoisotopic (exact) mass is 274 g/mol. The maximum absolute atomic E-state index is 12.5. The lowest BCUT2D eigenvalue weighted by atomic mass is 10.2. The molecule has 0 heterocycles. The van der Waals surface area contributed by atoms with Crippen LogP contribution in [0.1, 0.15) is 25.8 Å². The van der Waals surface area contributed by atoms with E-state index in [2.05, 4.69) is 5.32 Å². The molecule has 0 spiro atoms. The minimum atomic E-state index is -4.17. The van der Waals surface area contributed by atoms with Crippen LogP contribution in [-0.4, -0.2) is 25.8 Å². The number of anilines is 1. The second kappa shape index (κ2) is 7.38. The maximum atomic E-state index is 12.5. The van der Waals surface area contributed by atoms with Gasteiger partial charge in [-0.2, -0.15) is 13.2 Å². The van der Waals surface area contributed by atoms with E-state index in [0.29, 0.717) is 18.7 Å². The van der Waals surface area contributed by atoms with E-state index in [1.54, 1.807) is 12.1 Å². The molecule has 1 aromatic carbocycles. The molecule has 2 nitrogen and oxygen atoms in total. The standard InChI is InChI=1S/C14H21F3N2/c1-3-9-19(11-14(15,16)17)13-7-5-12(6-8-13)10-18-4-2/h5-8,18H,3-4,9-11H2,1-2H3. The molecule has 0 fully saturated rings. The summed E-state index contributed by atoms with van der Waals surface area (Å²) in [6.07, 6.45) is -3.48. The first kappa shape index (κ1) is 15.8. The van der Waals surface area contributed by atoms with Crippen LogP contribution >= 0.6 is 0 Å². The Bertz CT molecular complexity index is 360. The van der Waals surface area contributed by atoms with Gasteiger partial charge in [-0.1, -0.05) is 26.0 Å². The summed E-state index contributed by atoms with van der Waals surface area (Å²) in [5, 5.41) is 3.18. The summed E-state index contributed by atoms with van der Waals surface area (Å²) >= 11 is 0. The zero-order valence-electron chi connectivity index (χ0n) is 11.4. The van der Waals surface area contributed by atoms with Crippen LogP contribution in [0, 0.1) is 0 Å². The normalized spacial score (nSPS) is 11.6. The minimum absolute atomic E-state index is 0.409. The maximum Gasteiger partial charge on any atom is 0.405 e. The minimum Gasteiger partial charge on any atom is -0.363 e. The number of benzene rings is 1. The molecule has 0 aliphatic heterocycles. The fourth-order valence-electron chi connectivity index (χ4n) is 1.88. The van der Waals surface area contributed by atoms with Crippen molar-refractivity contribution in [2.24, 2.45) is 0 Å². The van der Waals surface area contributed by atoms with E-state index in [1.165, 1.54) is 4.90 Å². The number of hydrogen-bond acceptors (Lipinski definition) is 2. The quantitative estimate of drug-likeness (QED) is 0.817. The van der Waals surface area contributed by atoms with Gasteiger partial charge < -0.3 is 10.2 Å². The number of halogens is 3. The first-order valence-electron chi connectivity index (χ1n) is 6.57. The predicted octanol–water partition coefficient (Wildman–Crippen LogP) is 3.57. The summed E-state index contributed by atoms with van der Waals surface area (Å²) in [6.45, 7) is 5.02. The van der Waals surface area contributed by atoms with Crippen LogP contribution in [0.3, 0.4) is 0 Å². The van der Waals surface area contributed by atoms with Crippen molar-refractivity contribution < 1.29 is 13.2 Å². The van der Waals surface area contributed by atoms with Crippen molar-refractivity contribution in [3.63, 3.8) is 0 Å². The molecule has 0 aromatic heterocycles. The van der Waals surface area contributed by atoms with E-state index < -0.39 is 12.7 Å². The lowest BCUT2D eigenvalue weighted by molar-refractivity contribution is -0.119. The zero-order chi connectivity index (χ0) is 14.3. The lowest BCUT2D eigenvalue weighted by Gasteiger charge is -2.25. The van der Waals surface area contributed by atoms with Crippen LogP contribution < -0.4 is 10.2 Å². The van der Waals surface area contributed by atoms with Crippen molar-refractivity contribution in [3.05, 3.63) is 29.8 Å². The van der Waals surface area contributed by atoms with Gasteiger partial charge in [0.15, 0.2) is 0 Å². The van der Waals surface area contributed by atoms with Gasteiger partial charge in [0.25, 0.3) is 0 Å². The second-order valence-electron chi connectivity index (χ2n) is 4.48. The molecule has 0 unspecified atom stereocenters. The molecular formula is C14H21F3N2. The summed E-state index contributed by atoms with van der Waals surface area (Å²) in [5.74, 6) is 0. The predicted molar refractivity (Wildman–Crippen MR) is 72.4 cm³/mol. The molecule has 0 bridgehead atoms. The van der Waals surface area contributed by atoms with Crippen LogP contribution in [0.2, 0.25) is 0 Å². The first-order chi connectivity index (χ1) is 8.96. The molecule has 0 saturated carbocycles. The van der Waals surface area contributed by atoms with Crippen molar-refractivity contribution in [2.45, 2.75) is 33.0 Å². The largest absolute Gasteiger partial charge is 0.405 e. The molecule has 108 valence electrons. The number of nitrogens with zero attached hydrogens (tertiary/aromatic N) is 1. The van der Waals surface area contributed by atoms with Crippen molar-refractivity contribution in [2.75, 3.05) is 24.5 Å². The van der Waals surface area contributed by atoms with Crippen molar-refractivity contribution in [1.29, 1.82) is 0 Å². The molecule has 1 rings (SSSR count). The number of rotatable bonds is 7. The van der Waals surface area contributed by atoms with Crippen LogP contribution in [-0.2, 0) is 6.54 Å². The van der Waals surface area contributed by atoms with E-state index in [9.17, 15) is 13.2 Å². The Labute approximate surface area is 112 Å². The lowest BCUT2D eigenvalue weighted by Crippen LogP contribution is -2.34. The molecule has 0 aliphatic carbocycles. The third kappa shape index (κ3) is 5.96. The smallest absolute Gasteiger partial charge is 0.363 e. The van der Waals surface area contributed by atoms with Crippen LogP contribution in [0.4, 0.5) is 18.9 Å². The topological polar surface area (TPSA) is 15.3 Å². The van der Waals surface area contributed by atoms with Gasteiger partial charge in [0.2, 0.25) is 0 Å². The van der Waals surface area contributed by atoms with Gasteiger partial charge in [0, 0.05) is 18.8 Å². The Balaban J connectivity index is 2.73. The Morgan fingerprint density at radius 1 is 1.11 bits per heavy atom. The Kier molecular flexibility index (Phi) is 6.15. The molecular weight excluding hydrogens is 253 g/mol. The van der Waals surface area contributed by atoms with Gasteiger partial charge in [-0.05, 0) is 30.7 Å². The summed E-state index contributed by atoms with van der Waals surface area (Å²) < 4.78 is 37.5. The third-order valence-electron chi connectivity index (χ3n) is 2.74. The molecule has 19 heavy (non-hydrogen) atoms. The van der Waals surface area contributed by atoms with Gasteiger partial charge >= 0.3 is 6.18 Å². The van der Waals surface area contributed by atoms with E-state index >= 15 is 0 Å². The van der Waals surface area contributed by atoms with Crippen LogP contribution in [0.15, 0.2) is 24.3 Å². The highest BCUT2D eigenvalue weighted by Gasteiger charge is 2.30. The second-order valence-corrected chi connectivity index (χ2v) is 4.48. The van der Waals surface area contributed by atoms with Crippen molar-refractivity contribution in [1.82, 2.24) is 5.32 Å². The molecule has 0 saturated heterocycles. The van der Waals surface area contributed by atoms with Gasteiger partial charge in [-0.15, -0.1) is 0 Å². The molecule has 1 aromatic rings. The summed E-state index contributed by atoms with van der Waals surface area (Å²) in [4.78, 5) is 1.37. The fourth-order valence-corrected chi connectivity index (χ4v) is 1.88. The summed E-state index contributed by atoms with van der Waals surface area (Å²) in [6, 6.07) is 7.26. The number of alkyl halides is 3. The SMILES string of the molecule is CCCN(CC(F)(F)F)c1ccc(CNCC)cc1. The third-order valence-corrected chi connectivity index (χ3v) is 2.74. The molecule has 0 amide bonds. The van der Waals surface area contributed by atoms with E-state index in [0.717, 1.165) is 18.7 Å². The number of hydrogen-bond donors (Lipinski definition) is 1. The van der Waals surface area contributed by atoms with Crippen LogP contribution in [0.25, 0.3) is 0 Å². The molecule has 0 radical (unpaired) electrons. The van der Waals surface area contributed by atoms with Gasteiger partial charge in [-0.25, -0.2) is 0 Å². The van der Waals surface area contributed by atoms with E-state index in [1.807, 2.05) is 26.0 Å². The Morgan fingerprint density at radius 2 is 1.74 bits per heavy atom. The summed E-state index contributed by atoms with van der Waals surface area (Å²) in [7, 11) is 0. The van der Waals surface area contributed by atoms with Gasteiger partial charge in [-0.3, -0.25) is 0 Å². The van der Waals surface area contributed by atoms with Crippen molar-refractivity contribution >= 4 is 5.69 Å². The molecule has 0 atom stereocenters. The first-order valence-corrected chi connectivity index (χ1v) is 6.57. The fraction of sp³-hybridized carbons (Fsp3) is 0.571. The highest BCUT2D eigenvalue weighted by Crippen LogP contribution is 2.22. The van der Waals surface area contributed by atoms with Gasteiger partial charge in [0.05, 0.1) is 0 Å². The Hall–Kier alpha value is -1.23. The Morgan fingerprint density at radius 3 is 2.21 bits per heavy atom. The van der Waals surface area contributed by atoms with Crippen molar-refractivity contribution in [3.8, 4) is 0 Å². The summed E-state index contributed by atoms with van der Waals surface area (Å²) in [5.41, 5.74) is 1.70. The zero-order valence-corrected chi connectivity index (χ0v) is 11.4. The number of nitrogens with one attached hydrogen (secondary N) is 1. The average molecular weight is 274 g/mol. The highest BCUT2D eigenvalue weighted by molar-refractivity contribution is 5.47. The van der Waals surface area contributed by atoms with Crippen LogP contribution in [0.5, 0.6) is 0 Å². The van der Waals surface area contributed by atoms with Gasteiger partial charge in [0.1, 0.15) is 6.54 Å². The molecule has 0 aliphatic rings. The molecule has 1 N–H and O–H groups in total.